The lowest BCUT2D eigenvalue weighted by Crippen LogP contribution is -2.41. The van der Waals surface area contributed by atoms with Crippen molar-refractivity contribution in [2.24, 2.45) is 0 Å². The minimum atomic E-state index is -3.20. The van der Waals surface area contributed by atoms with Gasteiger partial charge in [-0.25, -0.2) is 8.42 Å². The van der Waals surface area contributed by atoms with Crippen molar-refractivity contribution in [1.29, 1.82) is 0 Å². The van der Waals surface area contributed by atoms with E-state index >= 15 is 0 Å². The molecule has 0 saturated carbocycles. The zero-order chi connectivity index (χ0) is 20.0. The van der Waals surface area contributed by atoms with Gasteiger partial charge in [0.05, 0.1) is 11.9 Å². The van der Waals surface area contributed by atoms with Crippen molar-refractivity contribution in [3.63, 3.8) is 0 Å². The van der Waals surface area contributed by atoms with Gasteiger partial charge in [0, 0.05) is 17.4 Å². The molecule has 0 aromatic heterocycles. The summed E-state index contributed by atoms with van der Waals surface area (Å²) in [5.74, 6) is -0.538. The van der Waals surface area contributed by atoms with Crippen molar-refractivity contribution in [2.45, 2.75) is 25.7 Å². The van der Waals surface area contributed by atoms with Gasteiger partial charge in [-0.3, -0.25) is 20.4 Å². The van der Waals surface area contributed by atoms with E-state index in [1.165, 1.54) is 12.1 Å². The van der Waals surface area contributed by atoms with Gasteiger partial charge < -0.3 is 4.74 Å². The molecule has 27 heavy (non-hydrogen) atoms. The summed E-state index contributed by atoms with van der Waals surface area (Å²) >= 11 is 0. The smallest absolute Gasteiger partial charge is 0.269 e. The summed E-state index contributed by atoms with van der Waals surface area (Å²) in [5.41, 5.74) is 5.75. The van der Waals surface area contributed by atoms with Crippen molar-refractivity contribution >= 4 is 21.7 Å². The van der Waals surface area contributed by atoms with E-state index in [9.17, 15) is 18.0 Å². The van der Waals surface area contributed by atoms with Crippen molar-refractivity contribution < 1.29 is 22.7 Å². The second kappa shape index (κ2) is 8.68. The van der Waals surface area contributed by atoms with Crippen molar-refractivity contribution in [1.82, 2.24) is 10.9 Å². The lowest BCUT2D eigenvalue weighted by molar-refractivity contribution is 0.0846. The molecule has 0 aliphatic carbocycles. The van der Waals surface area contributed by atoms with Crippen LogP contribution in [-0.2, 0) is 15.6 Å². The van der Waals surface area contributed by atoms with Crippen LogP contribution in [0.1, 0.15) is 40.1 Å². The molecular formula is C19H22N2O5S. The normalized spacial score (nSPS) is 11.1. The number of hydrazine groups is 1. The average molecular weight is 390 g/mol. The Morgan fingerprint density at radius 1 is 0.963 bits per heavy atom. The molecule has 7 nitrogen and oxygen atoms in total. The fourth-order valence-electron chi connectivity index (χ4n) is 2.32. The first kappa shape index (κ1) is 20.4. The van der Waals surface area contributed by atoms with Gasteiger partial charge in [0.15, 0.2) is 9.84 Å². The predicted molar refractivity (Wildman–Crippen MR) is 102 cm³/mol. The van der Waals surface area contributed by atoms with Crippen LogP contribution < -0.4 is 15.6 Å². The molecule has 0 bridgehead atoms. The molecule has 2 N–H and O–H groups in total. The number of hydrogen-bond acceptors (Lipinski definition) is 5. The van der Waals surface area contributed by atoms with E-state index in [1.807, 2.05) is 13.8 Å². The minimum absolute atomic E-state index is 0.0300. The third kappa shape index (κ3) is 6.74. The molecule has 0 aliphatic heterocycles. The van der Waals surface area contributed by atoms with E-state index in [1.54, 1.807) is 36.4 Å². The Kier molecular flexibility index (Phi) is 6.57. The summed E-state index contributed by atoms with van der Waals surface area (Å²) in [6.45, 7) is 3.81. The van der Waals surface area contributed by atoms with E-state index in [4.69, 9.17) is 4.74 Å². The third-order valence-electron chi connectivity index (χ3n) is 3.40. The number of carbonyl (C=O) groups excluding carboxylic acids is 2. The van der Waals surface area contributed by atoms with Gasteiger partial charge in [0.25, 0.3) is 11.8 Å². The van der Waals surface area contributed by atoms with Crippen LogP contribution >= 0.6 is 0 Å². The minimum Gasteiger partial charge on any atom is -0.491 e. The second-order valence-electron chi connectivity index (χ2n) is 6.37. The summed E-state index contributed by atoms with van der Waals surface area (Å²) in [6.07, 6.45) is 1.15. The summed E-state index contributed by atoms with van der Waals surface area (Å²) in [6, 6.07) is 12.7. The molecule has 0 heterocycles. The molecular weight excluding hydrogens is 368 g/mol. The van der Waals surface area contributed by atoms with Crippen LogP contribution in [0.3, 0.4) is 0 Å². The van der Waals surface area contributed by atoms with E-state index in [0.29, 0.717) is 16.9 Å². The van der Waals surface area contributed by atoms with Gasteiger partial charge in [0.2, 0.25) is 0 Å². The van der Waals surface area contributed by atoms with Crippen LogP contribution in [0, 0.1) is 0 Å². The largest absolute Gasteiger partial charge is 0.491 e. The Labute approximate surface area is 158 Å². The highest BCUT2D eigenvalue weighted by Gasteiger charge is 2.11. The first-order chi connectivity index (χ1) is 12.6. The molecule has 144 valence electrons. The molecule has 0 aliphatic rings. The number of rotatable bonds is 6. The average Bonchev–Trinajstić information content (AvgIpc) is 2.58. The maximum atomic E-state index is 12.2. The Morgan fingerprint density at radius 2 is 1.56 bits per heavy atom. The molecule has 2 amide bonds. The number of sulfone groups is 1. The first-order valence-corrected chi connectivity index (χ1v) is 10.3. The highest BCUT2D eigenvalue weighted by molar-refractivity contribution is 7.89. The number of nitrogens with one attached hydrogen (secondary N) is 2. The van der Waals surface area contributed by atoms with E-state index in [0.717, 1.165) is 6.26 Å². The van der Waals surface area contributed by atoms with Crippen LogP contribution in [0.2, 0.25) is 0 Å². The summed E-state index contributed by atoms with van der Waals surface area (Å²) in [5, 5.41) is 0. The maximum absolute atomic E-state index is 12.2. The zero-order valence-electron chi connectivity index (χ0n) is 15.4. The Bertz CT molecular complexity index is 921. The summed E-state index contributed by atoms with van der Waals surface area (Å²) in [4.78, 5) is 24.3. The lowest BCUT2D eigenvalue weighted by atomic mass is 10.1. The molecule has 2 rings (SSSR count). The lowest BCUT2D eigenvalue weighted by Gasteiger charge is -2.11. The van der Waals surface area contributed by atoms with Crippen LogP contribution in [0.5, 0.6) is 5.75 Å². The Balaban J connectivity index is 1.96. The van der Waals surface area contributed by atoms with Gasteiger partial charge in [-0.2, -0.15) is 0 Å². The van der Waals surface area contributed by atoms with E-state index in [-0.39, 0.29) is 17.4 Å². The van der Waals surface area contributed by atoms with Crippen molar-refractivity contribution in [3.8, 4) is 5.75 Å². The standard InChI is InChI=1S/C19H22N2O5S/c1-13(2)26-17-9-7-15(8-10-17)18(22)20-21-19(23)16-6-4-5-14(11-16)12-27(3,24)25/h4-11,13H,12H2,1-3H3,(H,20,22)(H,21,23). The highest BCUT2D eigenvalue weighted by Crippen LogP contribution is 2.13. The molecule has 8 heteroatoms. The fourth-order valence-corrected chi connectivity index (χ4v) is 3.11. The molecule has 2 aromatic carbocycles. The first-order valence-electron chi connectivity index (χ1n) is 8.28. The van der Waals surface area contributed by atoms with Gasteiger partial charge in [-0.15, -0.1) is 0 Å². The SMILES string of the molecule is CC(C)Oc1ccc(C(=O)NNC(=O)c2cccc(CS(C)(=O)=O)c2)cc1. The molecule has 2 aromatic rings. The van der Waals surface area contributed by atoms with Gasteiger partial charge >= 0.3 is 0 Å². The maximum Gasteiger partial charge on any atom is 0.269 e. The number of benzene rings is 2. The Hall–Kier alpha value is -2.87. The van der Waals surface area contributed by atoms with Gasteiger partial charge in [0.1, 0.15) is 5.75 Å². The third-order valence-corrected chi connectivity index (χ3v) is 4.25. The molecule has 0 unspecified atom stereocenters. The zero-order valence-corrected chi connectivity index (χ0v) is 16.2. The molecule has 0 saturated heterocycles. The van der Waals surface area contributed by atoms with Gasteiger partial charge in [-0.1, -0.05) is 12.1 Å². The van der Waals surface area contributed by atoms with Gasteiger partial charge in [-0.05, 0) is 55.8 Å². The summed E-state index contributed by atoms with van der Waals surface area (Å²) in [7, 11) is -3.20. The summed E-state index contributed by atoms with van der Waals surface area (Å²) < 4.78 is 28.2. The molecule has 0 atom stereocenters. The quantitative estimate of drug-likeness (QED) is 0.736. The van der Waals surface area contributed by atoms with Crippen molar-refractivity contribution in [2.75, 3.05) is 6.26 Å². The second-order valence-corrected chi connectivity index (χ2v) is 8.51. The van der Waals surface area contributed by atoms with E-state index in [2.05, 4.69) is 10.9 Å². The predicted octanol–water partition coefficient (Wildman–Crippen LogP) is 2.09. The monoisotopic (exact) mass is 390 g/mol. The van der Waals surface area contributed by atoms with Crippen LogP contribution in [0.25, 0.3) is 0 Å². The van der Waals surface area contributed by atoms with Crippen LogP contribution in [-0.4, -0.2) is 32.6 Å². The number of carbonyl (C=O) groups is 2. The van der Waals surface area contributed by atoms with Crippen LogP contribution in [0.4, 0.5) is 0 Å². The number of ether oxygens (including phenoxy) is 1. The molecule has 0 fully saturated rings. The van der Waals surface area contributed by atoms with E-state index < -0.39 is 21.7 Å². The topological polar surface area (TPSA) is 102 Å². The number of hydrogen-bond donors (Lipinski definition) is 2. The molecule has 0 spiro atoms. The van der Waals surface area contributed by atoms with Crippen LogP contribution in [0.15, 0.2) is 48.5 Å². The van der Waals surface area contributed by atoms with Crippen molar-refractivity contribution in [3.05, 3.63) is 65.2 Å². The highest BCUT2D eigenvalue weighted by atomic mass is 32.2. The Morgan fingerprint density at radius 3 is 2.11 bits per heavy atom. The fraction of sp³-hybridized carbons (Fsp3) is 0.263. The number of amides is 2. The molecule has 0 radical (unpaired) electrons.